The Morgan fingerprint density at radius 3 is 2.23 bits per heavy atom. The van der Waals surface area contributed by atoms with E-state index in [9.17, 15) is 4.79 Å². The lowest BCUT2D eigenvalue weighted by molar-refractivity contribution is 0.535. The van der Waals surface area contributed by atoms with E-state index in [1.54, 1.807) is 12.3 Å². The maximum atomic E-state index is 13.0. The standard InChI is InChI=1S/C31H21N5O2S/c1-20-25(16-17-38-20)29-32-31-36(34-29)30(37)28(39-31)18-21-12-14-24(15-13-21)35-27(23-10-6-3-7-11-23)19-26(33-35)22-8-4-2-5-9-22/h2-19H,1H3. The minimum atomic E-state index is -0.190. The van der Waals surface area contributed by atoms with E-state index in [1.165, 1.54) is 15.9 Å². The Hall–Kier alpha value is -5.08. The molecule has 7 aromatic rings. The van der Waals surface area contributed by atoms with E-state index in [2.05, 4.69) is 40.4 Å². The van der Waals surface area contributed by atoms with Crippen LogP contribution in [0, 0.1) is 6.92 Å². The van der Waals surface area contributed by atoms with Gasteiger partial charge in [0.05, 0.1) is 33.4 Å². The predicted octanol–water partition coefficient (Wildman–Crippen LogP) is 5.79. The average Bonchev–Trinajstić information content (AvgIpc) is 3.76. The van der Waals surface area contributed by atoms with Crippen LogP contribution < -0.4 is 10.1 Å². The van der Waals surface area contributed by atoms with Crippen molar-refractivity contribution >= 4 is 22.4 Å². The number of benzene rings is 3. The third-order valence-corrected chi connectivity index (χ3v) is 7.52. The highest BCUT2D eigenvalue weighted by atomic mass is 32.1. The first kappa shape index (κ1) is 23.1. The van der Waals surface area contributed by atoms with E-state index in [4.69, 9.17) is 9.52 Å². The normalized spacial score (nSPS) is 12.0. The van der Waals surface area contributed by atoms with Crippen LogP contribution in [0.2, 0.25) is 0 Å². The van der Waals surface area contributed by atoms with Gasteiger partial charge in [-0.1, -0.05) is 84.1 Å². The van der Waals surface area contributed by atoms with Crippen molar-refractivity contribution in [3.63, 3.8) is 0 Å². The van der Waals surface area contributed by atoms with Crippen molar-refractivity contribution in [1.29, 1.82) is 0 Å². The predicted molar refractivity (Wildman–Crippen MR) is 153 cm³/mol. The van der Waals surface area contributed by atoms with Crippen LogP contribution in [-0.4, -0.2) is 24.4 Å². The van der Waals surface area contributed by atoms with Gasteiger partial charge in [0.2, 0.25) is 4.96 Å². The highest BCUT2D eigenvalue weighted by Gasteiger charge is 2.16. The number of hydrogen-bond donors (Lipinski definition) is 0. The van der Waals surface area contributed by atoms with Crippen LogP contribution in [0.4, 0.5) is 0 Å². The maximum absolute atomic E-state index is 13.0. The van der Waals surface area contributed by atoms with Crippen molar-refractivity contribution in [1.82, 2.24) is 24.4 Å². The molecule has 0 saturated heterocycles. The molecular weight excluding hydrogens is 506 g/mol. The Bertz CT molecular complexity index is 2040. The van der Waals surface area contributed by atoms with E-state index < -0.39 is 0 Å². The lowest BCUT2D eigenvalue weighted by Gasteiger charge is -2.08. The maximum Gasteiger partial charge on any atom is 0.291 e. The number of rotatable bonds is 5. The summed E-state index contributed by atoms with van der Waals surface area (Å²) < 4.78 is 9.23. The summed E-state index contributed by atoms with van der Waals surface area (Å²) in [5, 5.41) is 9.35. The summed E-state index contributed by atoms with van der Waals surface area (Å²) in [6.07, 6.45) is 3.46. The van der Waals surface area contributed by atoms with Crippen LogP contribution in [0.5, 0.6) is 0 Å². The van der Waals surface area contributed by atoms with Gasteiger partial charge < -0.3 is 4.42 Å². The van der Waals surface area contributed by atoms with Crippen LogP contribution >= 0.6 is 11.3 Å². The van der Waals surface area contributed by atoms with Crippen molar-refractivity contribution in [3.8, 4) is 39.6 Å². The molecule has 39 heavy (non-hydrogen) atoms. The van der Waals surface area contributed by atoms with Gasteiger partial charge in [-0.3, -0.25) is 4.79 Å². The van der Waals surface area contributed by atoms with E-state index in [1.807, 2.05) is 78.3 Å². The molecule has 4 aromatic heterocycles. The van der Waals surface area contributed by atoms with E-state index in [-0.39, 0.29) is 5.56 Å². The van der Waals surface area contributed by atoms with Crippen LogP contribution in [0.3, 0.4) is 0 Å². The molecule has 0 N–H and O–H groups in total. The quantitative estimate of drug-likeness (QED) is 0.283. The molecule has 188 valence electrons. The van der Waals surface area contributed by atoms with Crippen molar-refractivity contribution in [2.45, 2.75) is 6.92 Å². The molecule has 0 amide bonds. The summed E-state index contributed by atoms with van der Waals surface area (Å²) in [7, 11) is 0. The minimum Gasteiger partial charge on any atom is -0.469 e. The second-order valence-electron chi connectivity index (χ2n) is 9.09. The summed E-state index contributed by atoms with van der Waals surface area (Å²) in [6.45, 7) is 1.85. The fraction of sp³-hybridized carbons (Fsp3) is 0.0323. The van der Waals surface area contributed by atoms with Crippen LogP contribution in [0.1, 0.15) is 11.3 Å². The third-order valence-electron chi connectivity index (χ3n) is 6.57. The van der Waals surface area contributed by atoms with E-state index >= 15 is 0 Å². The molecule has 0 unspecified atom stereocenters. The average molecular weight is 528 g/mol. The second-order valence-corrected chi connectivity index (χ2v) is 10.1. The first-order valence-electron chi connectivity index (χ1n) is 12.4. The molecular formula is C31H21N5O2S. The van der Waals surface area contributed by atoms with Gasteiger partial charge >= 0.3 is 0 Å². The van der Waals surface area contributed by atoms with Crippen LogP contribution in [0.25, 0.3) is 50.6 Å². The molecule has 0 aliphatic carbocycles. The van der Waals surface area contributed by atoms with Gasteiger partial charge in [0, 0.05) is 11.1 Å². The van der Waals surface area contributed by atoms with Crippen molar-refractivity contribution in [3.05, 3.63) is 130 Å². The molecule has 0 fully saturated rings. The van der Waals surface area contributed by atoms with Crippen molar-refractivity contribution in [2.75, 3.05) is 0 Å². The number of thiazole rings is 1. The number of furan rings is 1. The molecule has 3 aromatic carbocycles. The Morgan fingerprint density at radius 1 is 0.846 bits per heavy atom. The molecule has 4 heterocycles. The van der Waals surface area contributed by atoms with Gasteiger partial charge in [-0.05, 0) is 42.8 Å². The Kier molecular flexibility index (Phi) is 5.53. The van der Waals surface area contributed by atoms with Gasteiger partial charge in [-0.2, -0.15) is 14.6 Å². The molecule has 0 aliphatic rings. The lowest BCUT2D eigenvalue weighted by atomic mass is 10.1. The number of fused-ring (bicyclic) bond motifs is 1. The van der Waals surface area contributed by atoms with Gasteiger partial charge in [-0.25, -0.2) is 4.68 Å². The minimum absolute atomic E-state index is 0.190. The smallest absolute Gasteiger partial charge is 0.291 e. The number of aromatic nitrogens is 5. The van der Waals surface area contributed by atoms with Gasteiger partial charge in [0.25, 0.3) is 5.56 Å². The summed E-state index contributed by atoms with van der Waals surface area (Å²) in [4.78, 5) is 18.1. The Balaban J connectivity index is 1.25. The highest BCUT2D eigenvalue weighted by Crippen LogP contribution is 2.29. The molecule has 0 radical (unpaired) electrons. The summed E-state index contributed by atoms with van der Waals surface area (Å²) in [6, 6.07) is 32.3. The molecule has 0 aliphatic heterocycles. The zero-order valence-corrected chi connectivity index (χ0v) is 21.7. The third kappa shape index (κ3) is 4.17. The van der Waals surface area contributed by atoms with Gasteiger partial charge in [0.15, 0.2) is 5.82 Å². The lowest BCUT2D eigenvalue weighted by Crippen LogP contribution is -2.23. The molecule has 7 nitrogen and oxygen atoms in total. The molecule has 0 spiro atoms. The molecule has 0 atom stereocenters. The van der Waals surface area contributed by atoms with Crippen LogP contribution in [-0.2, 0) is 0 Å². The number of hydrogen-bond acceptors (Lipinski definition) is 6. The Morgan fingerprint density at radius 2 is 1.56 bits per heavy atom. The molecule has 7 rings (SSSR count). The Labute approximate surface area is 226 Å². The monoisotopic (exact) mass is 527 g/mol. The summed E-state index contributed by atoms with van der Waals surface area (Å²) >= 11 is 1.32. The first-order chi connectivity index (χ1) is 19.1. The van der Waals surface area contributed by atoms with Crippen LogP contribution in [0.15, 0.2) is 113 Å². The summed E-state index contributed by atoms with van der Waals surface area (Å²) in [5.74, 6) is 1.21. The van der Waals surface area contributed by atoms with E-state index in [0.29, 0.717) is 15.3 Å². The largest absolute Gasteiger partial charge is 0.469 e. The SMILES string of the molecule is Cc1occc1-c1nc2sc(=Cc3ccc(-n4nc(-c5ccccc5)cc4-c4ccccc4)cc3)c(=O)n2n1. The number of aryl methyl sites for hydroxylation is 1. The second kappa shape index (κ2) is 9.34. The molecule has 0 saturated carbocycles. The first-order valence-corrected chi connectivity index (χ1v) is 13.2. The topological polar surface area (TPSA) is 78.2 Å². The molecule has 0 bridgehead atoms. The zero-order valence-electron chi connectivity index (χ0n) is 20.9. The van der Waals surface area contributed by atoms with E-state index in [0.717, 1.165) is 45.1 Å². The zero-order chi connectivity index (χ0) is 26.3. The molecule has 8 heteroatoms. The fourth-order valence-electron chi connectivity index (χ4n) is 4.57. The highest BCUT2D eigenvalue weighted by molar-refractivity contribution is 7.15. The van der Waals surface area contributed by atoms with Gasteiger partial charge in [-0.15, -0.1) is 5.10 Å². The van der Waals surface area contributed by atoms with Gasteiger partial charge in [0.1, 0.15) is 5.76 Å². The fourth-order valence-corrected chi connectivity index (χ4v) is 5.48. The van der Waals surface area contributed by atoms with Crippen molar-refractivity contribution < 1.29 is 4.42 Å². The summed E-state index contributed by atoms with van der Waals surface area (Å²) in [5.41, 5.74) is 6.48. The number of nitrogens with zero attached hydrogens (tertiary/aromatic N) is 5. The van der Waals surface area contributed by atoms with Crippen molar-refractivity contribution in [2.24, 2.45) is 0 Å².